The fourth-order valence-electron chi connectivity index (χ4n) is 2.60. The first-order valence-electron chi connectivity index (χ1n) is 6.76. The molecule has 0 amide bonds. The number of carboxylic acids is 1. The zero-order chi connectivity index (χ0) is 14.5. The zero-order valence-corrected chi connectivity index (χ0v) is 11.9. The number of halogens is 1. The van der Waals surface area contributed by atoms with Gasteiger partial charge >= 0.3 is 5.97 Å². The first kappa shape index (κ1) is 14.7. The molecule has 0 unspecified atom stereocenters. The van der Waals surface area contributed by atoms with Crippen LogP contribution in [-0.2, 0) is 4.79 Å². The first-order chi connectivity index (χ1) is 9.60. The number of benzene rings is 1. The Morgan fingerprint density at radius 3 is 2.65 bits per heavy atom. The summed E-state index contributed by atoms with van der Waals surface area (Å²) in [6.07, 6.45) is 3.36. The van der Waals surface area contributed by atoms with Crippen molar-refractivity contribution in [2.24, 2.45) is 11.8 Å². The summed E-state index contributed by atoms with van der Waals surface area (Å²) in [5.74, 6) is -0.367. The SMILES string of the molecule is N#Cc1ccc(NCC2CCC(C(=O)O)CC2)c(Cl)c1. The van der Waals surface area contributed by atoms with Gasteiger partial charge in [-0.2, -0.15) is 5.26 Å². The first-order valence-corrected chi connectivity index (χ1v) is 7.14. The highest BCUT2D eigenvalue weighted by Crippen LogP contribution is 2.30. The van der Waals surface area contributed by atoms with Crippen LogP contribution in [0.25, 0.3) is 0 Å². The molecular formula is C15H17ClN2O2. The molecule has 1 aromatic carbocycles. The Hall–Kier alpha value is -1.73. The van der Waals surface area contributed by atoms with Crippen LogP contribution >= 0.6 is 11.6 Å². The molecule has 1 aliphatic carbocycles. The van der Waals surface area contributed by atoms with Crippen molar-refractivity contribution in [2.75, 3.05) is 11.9 Å². The van der Waals surface area contributed by atoms with Gasteiger partial charge in [-0.25, -0.2) is 0 Å². The number of rotatable bonds is 4. The number of carbonyl (C=O) groups is 1. The van der Waals surface area contributed by atoms with Gasteiger partial charge in [-0.05, 0) is 49.8 Å². The third-order valence-electron chi connectivity index (χ3n) is 3.88. The van der Waals surface area contributed by atoms with Crippen molar-refractivity contribution in [3.8, 4) is 6.07 Å². The minimum atomic E-state index is -0.674. The average Bonchev–Trinajstić information content (AvgIpc) is 2.46. The molecule has 0 saturated heterocycles. The molecule has 0 atom stereocenters. The largest absolute Gasteiger partial charge is 0.481 e. The van der Waals surface area contributed by atoms with Gasteiger partial charge in [0, 0.05) is 6.54 Å². The van der Waals surface area contributed by atoms with E-state index in [0.717, 1.165) is 37.9 Å². The van der Waals surface area contributed by atoms with Crippen LogP contribution in [-0.4, -0.2) is 17.6 Å². The van der Waals surface area contributed by atoms with Gasteiger partial charge in [-0.15, -0.1) is 0 Å². The van der Waals surface area contributed by atoms with E-state index < -0.39 is 5.97 Å². The minimum absolute atomic E-state index is 0.176. The van der Waals surface area contributed by atoms with Crippen LogP contribution in [0, 0.1) is 23.2 Å². The molecular weight excluding hydrogens is 276 g/mol. The van der Waals surface area contributed by atoms with Crippen molar-refractivity contribution in [1.82, 2.24) is 0 Å². The van der Waals surface area contributed by atoms with E-state index >= 15 is 0 Å². The minimum Gasteiger partial charge on any atom is -0.481 e. The van der Waals surface area contributed by atoms with E-state index in [9.17, 15) is 4.79 Å². The molecule has 1 aliphatic rings. The van der Waals surface area contributed by atoms with Gasteiger partial charge in [0.05, 0.1) is 28.3 Å². The molecule has 0 heterocycles. The molecule has 0 aliphatic heterocycles. The Morgan fingerprint density at radius 1 is 1.40 bits per heavy atom. The molecule has 1 saturated carbocycles. The molecule has 2 rings (SSSR count). The van der Waals surface area contributed by atoms with E-state index in [0.29, 0.717) is 16.5 Å². The van der Waals surface area contributed by atoms with E-state index in [4.69, 9.17) is 22.0 Å². The molecule has 0 bridgehead atoms. The summed E-state index contributed by atoms with van der Waals surface area (Å²) >= 11 is 6.10. The number of nitrogens with one attached hydrogen (secondary N) is 1. The molecule has 1 fully saturated rings. The van der Waals surface area contributed by atoms with Crippen molar-refractivity contribution in [3.05, 3.63) is 28.8 Å². The molecule has 2 N–H and O–H groups in total. The summed E-state index contributed by atoms with van der Waals surface area (Å²) in [5.41, 5.74) is 1.37. The molecule has 0 aromatic heterocycles. The highest BCUT2D eigenvalue weighted by molar-refractivity contribution is 6.33. The summed E-state index contributed by atoms with van der Waals surface area (Å²) in [6.45, 7) is 0.790. The quantitative estimate of drug-likeness (QED) is 0.890. The number of hydrogen-bond acceptors (Lipinski definition) is 3. The third kappa shape index (κ3) is 3.64. The van der Waals surface area contributed by atoms with Gasteiger partial charge < -0.3 is 10.4 Å². The standard InChI is InChI=1S/C15H17ClN2O2/c16-13-7-11(8-17)3-6-14(13)18-9-10-1-4-12(5-2-10)15(19)20/h3,6-7,10,12,18H,1-2,4-5,9H2,(H,19,20). The molecule has 1 aromatic rings. The van der Waals surface area contributed by atoms with Gasteiger partial charge in [-0.1, -0.05) is 11.6 Å². The molecule has 0 spiro atoms. The molecule has 5 heteroatoms. The number of carboxylic acid groups (broad SMARTS) is 1. The lowest BCUT2D eigenvalue weighted by atomic mass is 9.82. The zero-order valence-electron chi connectivity index (χ0n) is 11.1. The maximum Gasteiger partial charge on any atom is 0.306 e. The number of anilines is 1. The van der Waals surface area contributed by atoms with Crippen LogP contribution in [0.1, 0.15) is 31.2 Å². The highest BCUT2D eigenvalue weighted by atomic mass is 35.5. The van der Waals surface area contributed by atoms with Crippen LogP contribution < -0.4 is 5.32 Å². The second-order valence-electron chi connectivity index (χ2n) is 5.24. The molecule has 106 valence electrons. The van der Waals surface area contributed by atoms with Gasteiger partial charge in [0.15, 0.2) is 0 Å². The van der Waals surface area contributed by atoms with Crippen LogP contribution in [0.2, 0.25) is 5.02 Å². The summed E-state index contributed by atoms with van der Waals surface area (Å²) in [7, 11) is 0. The molecule has 4 nitrogen and oxygen atoms in total. The van der Waals surface area contributed by atoms with E-state index in [2.05, 4.69) is 5.32 Å². The van der Waals surface area contributed by atoms with Crippen LogP contribution in [0.15, 0.2) is 18.2 Å². The number of hydrogen-bond donors (Lipinski definition) is 2. The summed E-state index contributed by atoms with van der Waals surface area (Å²) < 4.78 is 0. The summed E-state index contributed by atoms with van der Waals surface area (Å²) in [6, 6.07) is 7.23. The van der Waals surface area contributed by atoms with E-state index in [1.54, 1.807) is 12.1 Å². The fraction of sp³-hybridized carbons (Fsp3) is 0.467. The third-order valence-corrected chi connectivity index (χ3v) is 4.19. The summed E-state index contributed by atoms with van der Waals surface area (Å²) in [5, 5.41) is 21.6. The van der Waals surface area contributed by atoms with Crippen LogP contribution in [0.5, 0.6) is 0 Å². The second-order valence-corrected chi connectivity index (χ2v) is 5.65. The Balaban J connectivity index is 1.85. The maximum atomic E-state index is 10.9. The van der Waals surface area contributed by atoms with Crippen molar-refractivity contribution >= 4 is 23.3 Å². The van der Waals surface area contributed by atoms with E-state index in [1.807, 2.05) is 12.1 Å². The Bertz CT molecular complexity index is 531. The second kappa shape index (κ2) is 6.62. The van der Waals surface area contributed by atoms with Crippen molar-refractivity contribution < 1.29 is 9.90 Å². The van der Waals surface area contributed by atoms with Crippen LogP contribution in [0.3, 0.4) is 0 Å². The lowest BCUT2D eigenvalue weighted by Gasteiger charge is -2.26. The lowest BCUT2D eigenvalue weighted by Crippen LogP contribution is -2.25. The van der Waals surface area contributed by atoms with Gasteiger partial charge in [0.2, 0.25) is 0 Å². The highest BCUT2D eigenvalue weighted by Gasteiger charge is 2.25. The van der Waals surface area contributed by atoms with Crippen molar-refractivity contribution in [1.29, 1.82) is 5.26 Å². The Morgan fingerprint density at radius 2 is 2.10 bits per heavy atom. The normalized spacial score (nSPS) is 22.0. The Labute approximate surface area is 123 Å². The monoisotopic (exact) mass is 292 g/mol. The smallest absolute Gasteiger partial charge is 0.306 e. The van der Waals surface area contributed by atoms with Gasteiger partial charge in [-0.3, -0.25) is 4.79 Å². The van der Waals surface area contributed by atoms with E-state index in [-0.39, 0.29) is 5.92 Å². The maximum absolute atomic E-state index is 10.9. The molecule has 20 heavy (non-hydrogen) atoms. The van der Waals surface area contributed by atoms with Gasteiger partial charge in [0.25, 0.3) is 0 Å². The Kier molecular flexibility index (Phi) is 4.86. The fourth-order valence-corrected chi connectivity index (χ4v) is 2.84. The van der Waals surface area contributed by atoms with Crippen LogP contribution in [0.4, 0.5) is 5.69 Å². The number of nitrogens with zero attached hydrogens (tertiary/aromatic N) is 1. The average molecular weight is 293 g/mol. The predicted molar refractivity (Wildman–Crippen MR) is 77.7 cm³/mol. The summed E-state index contributed by atoms with van der Waals surface area (Å²) in [4.78, 5) is 10.9. The number of nitriles is 1. The molecule has 0 radical (unpaired) electrons. The lowest BCUT2D eigenvalue weighted by molar-refractivity contribution is -0.143. The number of aliphatic carboxylic acids is 1. The predicted octanol–water partition coefficient (Wildman–Crippen LogP) is 3.51. The van der Waals surface area contributed by atoms with Crippen molar-refractivity contribution in [2.45, 2.75) is 25.7 Å². The topological polar surface area (TPSA) is 73.1 Å². The van der Waals surface area contributed by atoms with E-state index in [1.165, 1.54) is 0 Å². The van der Waals surface area contributed by atoms with Gasteiger partial charge in [0.1, 0.15) is 0 Å². The van der Waals surface area contributed by atoms with Crippen molar-refractivity contribution in [3.63, 3.8) is 0 Å².